The summed E-state index contributed by atoms with van der Waals surface area (Å²) in [5.74, 6) is 1.51. The maximum absolute atomic E-state index is 8.86. The smallest absolute Gasteiger partial charge is 0.131 e. The van der Waals surface area contributed by atoms with Crippen molar-refractivity contribution in [1.82, 2.24) is 9.97 Å². The van der Waals surface area contributed by atoms with Crippen LogP contribution in [0.15, 0.2) is 12.4 Å². The molecule has 0 bridgehead atoms. The van der Waals surface area contributed by atoms with Crippen molar-refractivity contribution in [2.24, 2.45) is 0 Å². The van der Waals surface area contributed by atoms with Crippen LogP contribution >= 0.6 is 0 Å². The SMILES string of the molecule is OCc1cnc(C2CCCCC2)nc1. The number of aliphatic hydroxyl groups is 1. The quantitative estimate of drug-likeness (QED) is 0.779. The van der Waals surface area contributed by atoms with E-state index in [1.54, 1.807) is 12.4 Å². The average Bonchev–Trinajstić information content (AvgIpc) is 2.30. The summed E-state index contributed by atoms with van der Waals surface area (Å²) in [4.78, 5) is 8.60. The monoisotopic (exact) mass is 192 g/mol. The maximum Gasteiger partial charge on any atom is 0.131 e. The predicted molar refractivity (Wildman–Crippen MR) is 53.8 cm³/mol. The van der Waals surface area contributed by atoms with Gasteiger partial charge in [0.2, 0.25) is 0 Å². The molecule has 3 nitrogen and oxygen atoms in total. The van der Waals surface area contributed by atoms with Crippen LogP contribution in [0.3, 0.4) is 0 Å². The van der Waals surface area contributed by atoms with Crippen molar-refractivity contribution in [3.63, 3.8) is 0 Å². The molecule has 0 aliphatic heterocycles. The van der Waals surface area contributed by atoms with Gasteiger partial charge < -0.3 is 5.11 Å². The van der Waals surface area contributed by atoms with Crippen molar-refractivity contribution in [3.05, 3.63) is 23.8 Å². The number of hydrogen-bond acceptors (Lipinski definition) is 3. The van der Waals surface area contributed by atoms with Crippen LogP contribution in [-0.2, 0) is 6.61 Å². The lowest BCUT2D eigenvalue weighted by atomic mass is 9.89. The fourth-order valence-electron chi connectivity index (χ4n) is 2.02. The fourth-order valence-corrected chi connectivity index (χ4v) is 2.02. The van der Waals surface area contributed by atoms with E-state index in [1.165, 1.54) is 32.1 Å². The minimum absolute atomic E-state index is 0.0327. The zero-order valence-corrected chi connectivity index (χ0v) is 8.32. The van der Waals surface area contributed by atoms with Crippen molar-refractivity contribution >= 4 is 0 Å². The number of aliphatic hydroxyl groups excluding tert-OH is 1. The van der Waals surface area contributed by atoms with Crippen molar-refractivity contribution in [2.75, 3.05) is 0 Å². The molecule has 2 rings (SSSR count). The van der Waals surface area contributed by atoms with Crippen LogP contribution in [-0.4, -0.2) is 15.1 Å². The second-order valence-electron chi connectivity index (χ2n) is 3.94. The Balaban J connectivity index is 2.07. The molecule has 1 heterocycles. The van der Waals surface area contributed by atoms with Gasteiger partial charge in [0.1, 0.15) is 5.82 Å². The van der Waals surface area contributed by atoms with E-state index in [0.29, 0.717) is 5.92 Å². The molecule has 1 aliphatic carbocycles. The normalized spacial score (nSPS) is 18.4. The molecule has 1 fully saturated rings. The largest absolute Gasteiger partial charge is 0.392 e. The minimum Gasteiger partial charge on any atom is -0.392 e. The molecule has 1 N–H and O–H groups in total. The molecule has 0 amide bonds. The van der Waals surface area contributed by atoms with E-state index in [0.717, 1.165) is 11.4 Å². The Kier molecular flexibility index (Phi) is 3.09. The second kappa shape index (κ2) is 4.51. The van der Waals surface area contributed by atoms with E-state index in [9.17, 15) is 0 Å². The van der Waals surface area contributed by atoms with Gasteiger partial charge in [-0.1, -0.05) is 19.3 Å². The van der Waals surface area contributed by atoms with E-state index in [1.807, 2.05) is 0 Å². The number of rotatable bonds is 2. The molecule has 0 radical (unpaired) electrons. The molecule has 1 aromatic heterocycles. The van der Waals surface area contributed by atoms with Crippen LogP contribution in [0.25, 0.3) is 0 Å². The number of aromatic nitrogens is 2. The summed E-state index contributed by atoms with van der Waals surface area (Å²) in [5, 5.41) is 8.86. The van der Waals surface area contributed by atoms with Crippen LogP contribution < -0.4 is 0 Å². The molecule has 0 atom stereocenters. The second-order valence-corrected chi connectivity index (χ2v) is 3.94. The average molecular weight is 192 g/mol. The van der Waals surface area contributed by atoms with Gasteiger partial charge >= 0.3 is 0 Å². The van der Waals surface area contributed by atoms with Gasteiger partial charge in [0, 0.05) is 23.9 Å². The molecule has 76 valence electrons. The zero-order valence-electron chi connectivity index (χ0n) is 8.32. The summed E-state index contributed by atoms with van der Waals surface area (Å²) in [6, 6.07) is 0. The van der Waals surface area contributed by atoms with Crippen LogP contribution in [0, 0.1) is 0 Å². The van der Waals surface area contributed by atoms with Gasteiger partial charge in [-0.25, -0.2) is 9.97 Å². The highest BCUT2D eigenvalue weighted by Gasteiger charge is 2.17. The summed E-state index contributed by atoms with van der Waals surface area (Å²) in [7, 11) is 0. The standard InChI is InChI=1S/C11H16N2O/c14-8-9-6-12-11(13-7-9)10-4-2-1-3-5-10/h6-7,10,14H,1-5,8H2. The predicted octanol–water partition coefficient (Wildman–Crippen LogP) is 2.02. The third-order valence-electron chi connectivity index (χ3n) is 2.88. The topological polar surface area (TPSA) is 46.0 Å². The molecule has 1 aliphatic rings. The lowest BCUT2D eigenvalue weighted by Crippen LogP contribution is -2.08. The molecule has 1 saturated carbocycles. The molecule has 0 saturated heterocycles. The zero-order chi connectivity index (χ0) is 9.80. The van der Waals surface area contributed by atoms with Crippen LogP contribution in [0.2, 0.25) is 0 Å². The third kappa shape index (κ3) is 2.10. The lowest BCUT2D eigenvalue weighted by molar-refractivity contribution is 0.280. The highest BCUT2D eigenvalue weighted by atomic mass is 16.3. The van der Waals surface area contributed by atoms with Crippen molar-refractivity contribution in [1.29, 1.82) is 0 Å². The first kappa shape index (κ1) is 9.59. The van der Waals surface area contributed by atoms with E-state index in [-0.39, 0.29) is 6.61 Å². The van der Waals surface area contributed by atoms with Crippen molar-refractivity contribution in [2.45, 2.75) is 44.6 Å². The number of nitrogens with zero attached hydrogens (tertiary/aromatic N) is 2. The summed E-state index contributed by atoms with van der Waals surface area (Å²) in [5.41, 5.74) is 0.796. The molecule has 3 heteroatoms. The first-order chi connectivity index (χ1) is 6.90. The number of hydrogen-bond donors (Lipinski definition) is 1. The summed E-state index contributed by atoms with van der Waals surface area (Å²) < 4.78 is 0. The summed E-state index contributed by atoms with van der Waals surface area (Å²) in [6.07, 6.45) is 9.86. The Hall–Kier alpha value is -0.960. The molecule has 1 aromatic rings. The summed E-state index contributed by atoms with van der Waals surface area (Å²) in [6.45, 7) is 0.0327. The van der Waals surface area contributed by atoms with Gasteiger partial charge in [0.05, 0.1) is 6.61 Å². The fraction of sp³-hybridized carbons (Fsp3) is 0.636. The third-order valence-corrected chi connectivity index (χ3v) is 2.88. The van der Waals surface area contributed by atoms with E-state index in [4.69, 9.17) is 5.11 Å². The Bertz CT molecular complexity index is 278. The minimum atomic E-state index is 0.0327. The lowest BCUT2D eigenvalue weighted by Gasteiger charge is -2.19. The van der Waals surface area contributed by atoms with Gasteiger partial charge in [-0.3, -0.25) is 0 Å². The Morgan fingerprint density at radius 2 is 1.79 bits per heavy atom. The van der Waals surface area contributed by atoms with Crippen LogP contribution in [0.5, 0.6) is 0 Å². The molecule has 0 unspecified atom stereocenters. The van der Waals surface area contributed by atoms with Gasteiger partial charge in [-0.05, 0) is 12.8 Å². The summed E-state index contributed by atoms with van der Waals surface area (Å²) >= 11 is 0. The Morgan fingerprint density at radius 1 is 1.14 bits per heavy atom. The maximum atomic E-state index is 8.86. The van der Waals surface area contributed by atoms with Gasteiger partial charge in [0.15, 0.2) is 0 Å². The van der Waals surface area contributed by atoms with Gasteiger partial charge in [-0.15, -0.1) is 0 Å². The van der Waals surface area contributed by atoms with Gasteiger partial charge in [0.25, 0.3) is 0 Å². The Morgan fingerprint density at radius 3 is 2.36 bits per heavy atom. The molecule has 14 heavy (non-hydrogen) atoms. The first-order valence-corrected chi connectivity index (χ1v) is 5.32. The van der Waals surface area contributed by atoms with Crippen molar-refractivity contribution in [3.8, 4) is 0 Å². The molecule has 0 aromatic carbocycles. The van der Waals surface area contributed by atoms with E-state index >= 15 is 0 Å². The van der Waals surface area contributed by atoms with Crippen molar-refractivity contribution < 1.29 is 5.11 Å². The molecular formula is C11H16N2O. The van der Waals surface area contributed by atoms with Gasteiger partial charge in [-0.2, -0.15) is 0 Å². The van der Waals surface area contributed by atoms with Crippen LogP contribution in [0.4, 0.5) is 0 Å². The Labute approximate surface area is 84.2 Å². The van der Waals surface area contributed by atoms with E-state index < -0.39 is 0 Å². The first-order valence-electron chi connectivity index (χ1n) is 5.32. The highest BCUT2D eigenvalue weighted by Crippen LogP contribution is 2.30. The molecular weight excluding hydrogens is 176 g/mol. The highest BCUT2D eigenvalue weighted by molar-refractivity contribution is 5.06. The van der Waals surface area contributed by atoms with Crippen LogP contribution in [0.1, 0.15) is 49.4 Å². The molecule has 0 spiro atoms. The van der Waals surface area contributed by atoms with E-state index in [2.05, 4.69) is 9.97 Å².